The maximum Gasteiger partial charge on any atom is -0.0000126 e. The molecule has 0 radical (unpaired) electrons. The molecule has 0 amide bonds. The number of hydrogen-bond acceptors (Lipinski definition) is 2. The van der Waals surface area contributed by atoms with Gasteiger partial charge in [-0.15, -0.1) is 0 Å². The van der Waals surface area contributed by atoms with Crippen molar-refractivity contribution < 1.29 is 0 Å². The molecule has 0 rings (SSSR count). The predicted octanol–water partition coefficient (Wildman–Crippen LogP) is 3.16. The van der Waals surface area contributed by atoms with E-state index < -0.39 is 0 Å². The third-order valence-electron chi connectivity index (χ3n) is 1.86. The van der Waals surface area contributed by atoms with Crippen LogP contribution >= 0.6 is 11.8 Å². The van der Waals surface area contributed by atoms with Crippen molar-refractivity contribution in [1.82, 2.24) is 5.32 Å². The minimum atomic E-state index is 0.430. The molecule has 0 aromatic rings. The van der Waals surface area contributed by atoms with E-state index >= 15 is 0 Å². The Morgan fingerprint density at radius 2 is 1.77 bits per heavy atom. The van der Waals surface area contributed by atoms with Crippen molar-refractivity contribution in [3.63, 3.8) is 0 Å². The fourth-order valence-corrected chi connectivity index (χ4v) is 1.63. The van der Waals surface area contributed by atoms with Crippen LogP contribution < -0.4 is 5.32 Å². The number of thioether (sulfide) groups is 1. The summed E-state index contributed by atoms with van der Waals surface area (Å²) in [5.74, 6) is 1.32. The Balaban J connectivity index is 3.00. The number of hydrogen-bond donors (Lipinski definition) is 1. The molecule has 0 aliphatic rings. The standard InChI is InChI=1S/C11H25NS/c1-11(2,3)10-12-8-6-5-7-9-13-4/h12H,5-10H2,1-4H3. The zero-order valence-corrected chi connectivity index (χ0v) is 10.5. The summed E-state index contributed by atoms with van der Waals surface area (Å²) in [5.41, 5.74) is 0.430. The average Bonchev–Trinajstić information content (AvgIpc) is 2.01. The average molecular weight is 203 g/mol. The number of rotatable bonds is 7. The van der Waals surface area contributed by atoms with Crippen molar-refractivity contribution in [1.29, 1.82) is 0 Å². The van der Waals surface area contributed by atoms with Gasteiger partial charge in [-0.25, -0.2) is 0 Å². The molecule has 0 aliphatic carbocycles. The highest BCUT2D eigenvalue weighted by Gasteiger charge is 2.07. The van der Waals surface area contributed by atoms with Gasteiger partial charge in [-0.3, -0.25) is 0 Å². The Kier molecular flexibility index (Phi) is 7.87. The summed E-state index contributed by atoms with van der Waals surface area (Å²) in [6.07, 6.45) is 6.25. The van der Waals surface area contributed by atoms with Gasteiger partial charge in [0.05, 0.1) is 0 Å². The lowest BCUT2D eigenvalue weighted by Gasteiger charge is -2.18. The van der Waals surface area contributed by atoms with Crippen molar-refractivity contribution in [2.45, 2.75) is 40.0 Å². The highest BCUT2D eigenvalue weighted by atomic mass is 32.2. The molecule has 0 atom stereocenters. The fraction of sp³-hybridized carbons (Fsp3) is 1.00. The summed E-state index contributed by atoms with van der Waals surface area (Å²) >= 11 is 1.95. The molecule has 0 saturated heterocycles. The fourth-order valence-electron chi connectivity index (χ4n) is 1.14. The Labute approximate surface area is 88.1 Å². The maximum atomic E-state index is 3.50. The van der Waals surface area contributed by atoms with Crippen LogP contribution in [0.3, 0.4) is 0 Å². The molecule has 0 heterocycles. The minimum Gasteiger partial charge on any atom is -0.316 e. The monoisotopic (exact) mass is 203 g/mol. The molecular formula is C11H25NS. The Bertz CT molecular complexity index is 107. The molecule has 0 aromatic carbocycles. The van der Waals surface area contributed by atoms with Gasteiger partial charge in [-0.05, 0) is 43.4 Å². The van der Waals surface area contributed by atoms with Gasteiger partial charge in [0.15, 0.2) is 0 Å². The van der Waals surface area contributed by atoms with Crippen LogP contribution in [0.25, 0.3) is 0 Å². The first-order valence-corrected chi connectivity index (χ1v) is 6.65. The van der Waals surface area contributed by atoms with Gasteiger partial charge in [0.1, 0.15) is 0 Å². The molecule has 80 valence electrons. The minimum absolute atomic E-state index is 0.430. The number of unbranched alkanes of at least 4 members (excludes halogenated alkanes) is 2. The highest BCUT2D eigenvalue weighted by Crippen LogP contribution is 2.10. The van der Waals surface area contributed by atoms with Crippen LogP contribution in [0.15, 0.2) is 0 Å². The molecule has 13 heavy (non-hydrogen) atoms. The van der Waals surface area contributed by atoms with Crippen molar-refractivity contribution in [2.75, 3.05) is 25.1 Å². The largest absolute Gasteiger partial charge is 0.316 e. The first-order valence-electron chi connectivity index (χ1n) is 5.26. The Morgan fingerprint density at radius 3 is 2.31 bits per heavy atom. The van der Waals surface area contributed by atoms with Crippen LogP contribution in [0.1, 0.15) is 40.0 Å². The van der Waals surface area contributed by atoms with Crippen LogP contribution in [-0.4, -0.2) is 25.1 Å². The van der Waals surface area contributed by atoms with Crippen LogP contribution in [-0.2, 0) is 0 Å². The molecule has 0 aromatic heterocycles. The van der Waals surface area contributed by atoms with E-state index in [9.17, 15) is 0 Å². The first kappa shape index (κ1) is 13.3. The zero-order valence-electron chi connectivity index (χ0n) is 9.65. The lowest BCUT2D eigenvalue weighted by atomic mass is 9.97. The summed E-state index contributed by atoms with van der Waals surface area (Å²) in [4.78, 5) is 0. The first-order chi connectivity index (χ1) is 6.06. The lowest BCUT2D eigenvalue weighted by Crippen LogP contribution is -2.27. The molecule has 1 nitrogen and oxygen atoms in total. The van der Waals surface area contributed by atoms with Crippen LogP contribution in [0.4, 0.5) is 0 Å². The van der Waals surface area contributed by atoms with Gasteiger partial charge >= 0.3 is 0 Å². The smallest absolute Gasteiger partial charge is 0.0000126 e. The quantitative estimate of drug-likeness (QED) is 0.638. The van der Waals surface area contributed by atoms with Gasteiger partial charge in [-0.1, -0.05) is 27.2 Å². The molecule has 1 N–H and O–H groups in total. The molecule has 0 bridgehead atoms. The van der Waals surface area contributed by atoms with E-state index in [1.807, 2.05) is 11.8 Å². The van der Waals surface area contributed by atoms with Gasteiger partial charge in [0.25, 0.3) is 0 Å². The third-order valence-corrected chi connectivity index (χ3v) is 2.55. The van der Waals surface area contributed by atoms with Gasteiger partial charge in [0, 0.05) is 0 Å². The van der Waals surface area contributed by atoms with Crippen molar-refractivity contribution in [2.24, 2.45) is 5.41 Å². The maximum absolute atomic E-state index is 3.50. The van der Waals surface area contributed by atoms with E-state index in [0.717, 1.165) is 6.54 Å². The second-order valence-electron chi connectivity index (χ2n) is 4.79. The Hall–Kier alpha value is 0.310. The zero-order chi connectivity index (χ0) is 10.2. The van der Waals surface area contributed by atoms with Gasteiger partial charge in [0.2, 0.25) is 0 Å². The van der Waals surface area contributed by atoms with Crippen molar-refractivity contribution in [3.8, 4) is 0 Å². The summed E-state index contributed by atoms with van der Waals surface area (Å²) in [7, 11) is 0. The second kappa shape index (κ2) is 7.69. The van der Waals surface area contributed by atoms with Crippen LogP contribution in [0, 0.1) is 5.41 Å². The topological polar surface area (TPSA) is 12.0 Å². The van der Waals surface area contributed by atoms with E-state index in [-0.39, 0.29) is 0 Å². The summed E-state index contributed by atoms with van der Waals surface area (Å²) in [6.45, 7) is 9.14. The Morgan fingerprint density at radius 1 is 1.08 bits per heavy atom. The van der Waals surface area contributed by atoms with Crippen LogP contribution in [0.2, 0.25) is 0 Å². The molecule has 2 heteroatoms. The molecule has 0 fully saturated rings. The van der Waals surface area contributed by atoms with Gasteiger partial charge in [-0.2, -0.15) is 11.8 Å². The van der Waals surface area contributed by atoms with E-state index in [1.54, 1.807) is 0 Å². The van der Waals surface area contributed by atoms with E-state index in [4.69, 9.17) is 0 Å². The normalized spacial score (nSPS) is 12.0. The summed E-state index contributed by atoms with van der Waals surface area (Å²) in [6, 6.07) is 0. The highest BCUT2D eigenvalue weighted by molar-refractivity contribution is 7.98. The van der Waals surface area contributed by atoms with Crippen LogP contribution in [0.5, 0.6) is 0 Å². The molecular weight excluding hydrogens is 178 g/mol. The van der Waals surface area contributed by atoms with Gasteiger partial charge < -0.3 is 5.32 Å². The van der Waals surface area contributed by atoms with Crippen molar-refractivity contribution in [3.05, 3.63) is 0 Å². The second-order valence-corrected chi connectivity index (χ2v) is 5.78. The summed E-state index contributed by atoms with van der Waals surface area (Å²) < 4.78 is 0. The SMILES string of the molecule is CSCCCCCNCC(C)(C)C. The van der Waals surface area contributed by atoms with Crippen molar-refractivity contribution >= 4 is 11.8 Å². The molecule has 0 saturated carbocycles. The predicted molar refractivity (Wildman–Crippen MR) is 64.6 cm³/mol. The molecule has 0 unspecified atom stereocenters. The molecule has 0 spiro atoms. The lowest BCUT2D eigenvalue weighted by molar-refractivity contribution is 0.378. The van der Waals surface area contributed by atoms with E-state index in [1.165, 1.54) is 31.6 Å². The molecule has 0 aliphatic heterocycles. The third kappa shape index (κ3) is 12.3. The summed E-state index contributed by atoms with van der Waals surface area (Å²) in [5, 5.41) is 3.50. The number of nitrogens with one attached hydrogen (secondary N) is 1. The van der Waals surface area contributed by atoms with E-state index in [0.29, 0.717) is 5.41 Å². The van der Waals surface area contributed by atoms with E-state index in [2.05, 4.69) is 32.3 Å².